The second-order valence-electron chi connectivity index (χ2n) is 8.87. The molecule has 0 aliphatic rings. The molecule has 0 saturated heterocycles. The zero-order valence-corrected chi connectivity index (χ0v) is 18.9. The fourth-order valence-electron chi connectivity index (χ4n) is 3.27. The number of amides is 1. The number of para-hydroxylation sites is 2. The van der Waals surface area contributed by atoms with E-state index in [4.69, 9.17) is 9.72 Å². The van der Waals surface area contributed by atoms with Crippen molar-refractivity contribution in [3.63, 3.8) is 0 Å². The second kappa shape index (κ2) is 9.47. The van der Waals surface area contributed by atoms with Gasteiger partial charge in [0, 0.05) is 26.7 Å². The number of rotatable bonds is 7. The minimum absolute atomic E-state index is 0.242. The van der Waals surface area contributed by atoms with Gasteiger partial charge in [0.2, 0.25) is 0 Å². The largest absolute Gasteiger partial charge is 0.444 e. The van der Waals surface area contributed by atoms with Crippen molar-refractivity contribution in [2.24, 2.45) is 0 Å². The minimum Gasteiger partial charge on any atom is -0.444 e. The Balaban J connectivity index is 1.70. The van der Waals surface area contributed by atoms with Crippen molar-refractivity contribution in [3.8, 4) is 0 Å². The van der Waals surface area contributed by atoms with Crippen LogP contribution in [0, 0.1) is 5.82 Å². The Bertz CT molecular complexity index is 1020. The molecule has 3 rings (SSSR count). The third-order valence-corrected chi connectivity index (χ3v) is 4.92. The smallest absolute Gasteiger partial charge is 0.410 e. The molecule has 0 atom stereocenters. The second-order valence-corrected chi connectivity index (χ2v) is 8.87. The standard InChI is InChI=1S/C24H31FN4O2/c1-24(2,3)31-23(30)28(5)15-14-27(4)17-22-26-20-8-6-7-9-21(20)29(22)16-18-10-12-19(25)13-11-18/h6-13H,14-17H2,1-5H3. The molecule has 1 amide bonds. The number of likely N-dealkylation sites (N-methyl/N-ethyl adjacent to an activating group) is 2. The highest BCUT2D eigenvalue weighted by molar-refractivity contribution is 5.76. The van der Waals surface area contributed by atoms with Gasteiger partial charge in [0.15, 0.2) is 0 Å². The van der Waals surface area contributed by atoms with Crippen molar-refractivity contribution in [3.05, 3.63) is 65.7 Å². The van der Waals surface area contributed by atoms with E-state index >= 15 is 0 Å². The Hall–Kier alpha value is -2.93. The predicted molar refractivity (Wildman–Crippen MR) is 120 cm³/mol. The number of imidazole rings is 1. The monoisotopic (exact) mass is 426 g/mol. The van der Waals surface area contributed by atoms with Gasteiger partial charge in [0.05, 0.1) is 17.6 Å². The van der Waals surface area contributed by atoms with E-state index < -0.39 is 5.60 Å². The third kappa shape index (κ3) is 6.28. The van der Waals surface area contributed by atoms with Gasteiger partial charge >= 0.3 is 6.09 Å². The molecule has 1 aromatic heterocycles. The molecule has 3 aromatic rings. The molecule has 0 spiro atoms. The maximum absolute atomic E-state index is 13.3. The zero-order valence-electron chi connectivity index (χ0n) is 18.9. The molecule has 6 nitrogen and oxygen atoms in total. The number of ether oxygens (including phenoxy) is 1. The summed E-state index contributed by atoms with van der Waals surface area (Å²) in [5.41, 5.74) is 2.47. The minimum atomic E-state index is -0.511. The molecule has 0 aliphatic heterocycles. The van der Waals surface area contributed by atoms with Crippen LogP contribution in [0.2, 0.25) is 0 Å². The number of fused-ring (bicyclic) bond motifs is 1. The SMILES string of the molecule is CN(CCN(C)C(=O)OC(C)(C)C)Cc1nc2ccccc2n1Cc1ccc(F)cc1. The summed E-state index contributed by atoms with van der Waals surface area (Å²) in [4.78, 5) is 20.7. The first-order chi connectivity index (χ1) is 14.6. The molecular weight excluding hydrogens is 395 g/mol. The number of halogens is 1. The number of aromatic nitrogens is 2. The van der Waals surface area contributed by atoms with Gasteiger partial charge in [-0.1, -0.05) is 24.3 Å². The Kier molecular flexibility index (Phi) is 6.95. The third-order valence-electron chi connectivity index (χ3n) is 4.92. The predicted octanol–water partition coefficient (Wildman–Crippen LogP) is 4.52. The summed E-state index contributed by atoms with van der Waals surface area (Å²) >= 11 is 0. The average Bonchev–Trinajstić information content (AvgIpc) is 3.03. The van der Waals surface area contributed by atoms with Crippen LogP contribution in [0.1, 0.15) is 32.2 Å². The first kappa shape index (κ1) is 22.7. The summed E-state index contributed by atoms with van der Waals surface area (Å²) in [6.45, 7) is 8.03. The van der Waals surface area contributed by atoms with Crippen LogP contribution in [0.5, 0.6) is 0 Å². The molecule has 0 bridgehead atoms. The van der Waals surface area contributed by atoms with Gasteiger partial charge < -0.3 is 14.2 Å². The van der Waals surface area contributed by atoms with E-state index in [9.17, 15) is 9.18 Å². The summed E-state index contributed by atoms with van der Waals surface area (Å²) in [6, 6.07) is 14.6. The van der Waals surface area contributed by atoms with E-state index in [-0.39, 0.29) is 11.9 Å². The van der Waals surface area contributed by atoms with Crippen LogP contribution < -0.4 is 0 Å². The van der Waals surface area contributed by atoms with Crippen molar-refractivity contribution in [1.82, 2.24) is 19.4 Å². The molecule has 0 aliphatic carbocycles. The molecule has 0 fully saturated rings. The first-order valence-corrected chi connectivity index (χ1v) is 10.4. The highest BCUT2D eigenvalue weighted by Crippen LogP contribution is 2.19. The average molecular weight is 427 g/mol. The molecule has 0 radical (unpaired) electrons. The molecule has 0 saturated carbocycles. The lowest BCUT2D eigenvalue weighted by Crippen LogP contribution is -2.38. The summed E-state index contributed by atoms with van der Waals surface area (Å²) in [5, 5.41) is 0. The lowest BCUT2D eigenvalue weighted by Gasteiger charge is -2.26. The van der Waals surface area contributed by atoms with E-state index in [1.165, 1.54) is 12.1 Å². The molecule has 0 N–H and O–H groups in total. The summed E-state index contributed by atoms with van der Waals surface area (Å²) in [5.74, 6) is 0.682. The molecular formula is C24H31FN4O2. The van der Waals surface area contributed by atoms with Crippen LogP contribution in [-0.4, -0.2) is 58.2 Å². The van der Waals surface area contributed by atoms with Crippen molar-refractivity contribution in [1.29, 1.82) is 0 Å². The summed E-state index contributed by atoms with van der Waals surface area (Å²) in [6.07, 6.45) is -0.329. The van der Waals surface area contributed by atoms with E-state index in [2.05, 4.69) is 9.47 Å². The van der Waals surface area contributed by atoms with Crippen LogP contribution in [0.4, 0.5) is 9.18 Å². The van der Waals surface area contributed by atoms with Gasteiger partial charge in [-0.05, 0) is 57.6 Å². The highest BCUT2D eigenvalue weighted by Gasteiger charge is 2.20. The molecule has 166 valence electrons. The van der Waals surface area contributed by atoms with Crippen molar-refractivity contribution in [2.45, 2.75) is 39.5 Å². The Labute approximate surface area is 183 Å². The maximum atomic E-state index is 13.3. The van der Waals surface area contributed by atoms with Crippen LogP contribution >= 0.6 is 0 Å². The Morgan fingerprint density at radius 1 is 1.06 bits per heavy atom. The van der Waals surface area contributed by atoms with Gasteiger partial charge in [-0.25, -0.2) is 14.2 Å². The number of carbonyl (C=O) groups is 1. The van der Waals surface area contributed by atoms with Crippen molar-refractivity contribution >= 4 is 17.1 Å². The number of carbonyl (C=O) groups excluding carboxylic acids is 1. The quantitative estimate of drug-likeness (QED) is 0.557. The number of hydrogen-bond donors (Lipinski definition) is 0. The first-order valence-electron chi connectivity index (χ1n) is 10.4. The molecule has 31 heavy (non-hydrogen) atoms. The normalized spacial score (nSPS) is 11.8. The van der Waals surface area contributed by atoms with Gasteiger partial charge in [-0.2, -0.15) is 0 Å². The number of hydrogen-bond acceptors (Lipinski definition) is 4. The number of benzene rings is 2. The van der Waals surface area contributed by atoms with Crippen LogP contribution in [0.15, 0.2) is 48.5 Å². The lowest BCUT2D eigenvalue weighted by molar-refractivity contribution is 0.0286. The van der Waals surface area contributed by atoms with Crippen LogP contribution in [0.25, 0.3) is 11.0 Å². The maximum Gasteiger partial charge on any atom is 0.410 e. The van der Waals surface area contributed by atoms with E-state index in [0.717, 1.165) is 22.4 Å². The fraction of sp³-hybridized carbons (Fsp3) is 0.417. The molecule has 7 heteroatoms. The Morgan fingerprint density at radius 2 is 1.74 bits per heavy atom. The molecule has 1 heterocycles. The van der Waals surface area contributed by atoms with Crippen LogP contribution in [-0.2, 0) is 17.8 Å². The van der Waals surface area contributed by atoms with Gasteiger partial charge in [-0.15, -0.1) is 0 Å². The Morgan fingerprint density at radius 3 is 2.42 bits per heavy atom. The number of nitrogens with zero attached hydrogens (tertiary/aromatic N) is 4. The zero-order chi connectivity index (χ0) is 22.6. The summed E-state index contributed by atoms with van der Waals surface area (Å²) < 4.78 is 20.9. The molecule has 0 unspecified atom stereocenters. The van der Waals surface area contributed by atoms with Gasteiger partial charge in [0.25, 0.3) is 0 Å². The fourth-order valence-corrected chi connectivity index (χ4v) is 3.27. The van der Waals surface area contributed by atoms with E-state index in [0.29, 0.717) is 26.2 Å². The van der Waals surface area contributed by atoms with E-state index in [1.54, 1.807) is 24.1 Å². The molecule has 2 aromatic carbocycles. The van der Waals surface area contributed by atoms with E-state index in [1.807, 2.05) is 52.1 Å². The van der Waals surface area contributed by atoms with Crippen molar-refractivity contribution in [2.75, 3.05) is 27.2 Å². The van der Waals surface area contributed by atoms with Crippen molar-refractivity contribution < 1.29 is 13.9 Å². The lowest BCUT2D eigenvalue weighted by atomic mass is 10.2. The summed E-state index contributed by atoms with van der Waals surface area (Å²) in [7, 11) is 3.75. The van der Waals surface area contributed by atoms with Gasteiger partial charge in [0.1, 0.15) is 17.2 Å². The topological polar surface area (TPSA) is 50.6 Å². The van der Waals surface area contributed by atoms with Gasteiger partial charge in [-0.3, -0.25) is 4.90 Å². The van der Waals surface area contributed by atoms with Crippen LogP contribution in [0.3, 0.4) is 0 Å². The highest BCUT2D eigenvalue weighted by atomic mass is 19.1.